The molecule has 2 heterocycles. The molecular formula is C14H16BrN3O2S. The van der Waals surface area contributed by atoms with Crippen molar-refractivity contribution in [3.05, 3.63) is 34.9 Å². The number of nitrogens with two attached hydrogens (primary N) is 1. The van der Waals surface area contributed by atoms with Crippen molar-refractivity contribution in [1.82, 2.24) is 9.78 Å². The van der Waals surface area contributed by atoms with Gasteiger partial charge < -0.3 is 5.73 Å². The average Bonchev–Trinajstić information content (AvgIpc) is 2.92. The summed E-state index contributed by atoms with van der Waals surface area (Å²) < 4.78 is 26.2. The second-order valence-corrected chi connectivity index (χ2v) is 8.82. The van der Waals surface area contributed by atoms with E-state index in [2.05, 4.69) is 21.0 Å². The molecule has 0 amide bonds. The molecule has 0 radical (unpaired) electrons. The molecule has 1 aliphatic rings. The molecule has 1 unspecified atom stereocenters. The molecule has 7 heteroatoms. The van der Waals surface area contributed by atoms with Crippen molar-refractivity contribution >= 4 is 31.5 Å². The summed E-state index contributed by atoms with van der Waals surface area (Å²) in [6, 6.07) is 7.72. The number of nitrogens with zero attached hydrogens (tertiary/aromatic N) is 2. The molecule has 5 nitrogen and oxygen atoms in total. The van der Waals surface area contributed by atoms with Crippen molar-refractivity contribution in [2.24, 2.45) is 0 Å². The molecule has 0 aliphatic carbocycles. The minimum absolute atomic E-state index is 0.112. The Morgan fingerprint density at radius 1 is 1.33 bits per heavy atom. The number of sulfone groups is 1. The Labute approximate surface area is 132 Å². The molecule has 0 spiro atoms. The van der Waals surface area contributed by atoms with Gasteiger partial charge in [0.25, 0.3) is 0 Å². The van der Waals surface area contributed by atoms with Gasteiger partial charge in [0.15, 0.2) is 9.84 Å². The summed E-state index contributed by atoms with van der Waals surface area (Å²) >= 11 is 3.39. The van der Waals surface area contributed by atoms with Gasteiger partial charge in [-0.2, -0.15) is 5.10 Å². The molecule has 2 N–H and O–H groups in total. The quantitative estimate of drug-likeness (QED) is 0.881. The summed E-state index contributed by atoms with van der Waals surface area (Å²) in [7, 11) is -2.98. The zero-order valence-electron chi connectivity index (χ0n) is 11.6. The van der Waals surface area contributed by atoms with Gasteiger partial charge in [-0.1, -0.05) is 28.1 Å². The van der Waals surface area contributed by atoms with E-state index in [0.29, 0.717) is 17.8 Å². The SMILES string of the molecule is CC1(n2cc(N)c(-c3ccc(Br)cc3)n2)CCS(=O)(=O)C1. The van der Waals surface area contributed by atoms with Crippen LogP contribution < -0.4 is 5.73 Å². The van der Waals surface area contributed by atoms with E-state index in [-0.39, 0.29) is 11.5 Å². The average molecular weight is 370 g/mol. The molecule has 1 atom stereocenters. The van der Waals surface area contributed by atoms with E-state index >= 15 is 0 Å². The maximum absolute atomic E-state index is 11.7. The molecule has 3 rings (SSSR count). The minimum atomic E-state index is -2.98. The minimum Gasteiger partial charge on any atom is -0.396 e. The summed E-state index contributed by atoms with van der Waals surface area (Å²) in [5.41, 5.74) is 7.71. The lowest BCUT2D eigenvalue weighted by molar-refractivity contribution is 0.329. The maximum Gasteiger partial charge on any atom is 0.152 e. The first-order valence-corrected chi connectivity index (χ1v) is 9.23. The van der Waals surface area contributed by atoms with Crippen molar-refractivity contribution in [2.45, 2.75) is 18.9 Å². The van der Waals surface area contributed by atoms with Crippen LogP contribution in [0.2, 0.25) is 0 Å². The third-order valence-corrected chi connectivity index (χ3v) is 6.31. The first-order chi connectivity index (χ1) is 9.79. The van der Waals surface area contributed by atoms with Gasteiger partial charge in [-0.15, -0.1) is 0 Å². The number of nitrogen functional groups attached to an aromatic ring is 1. The van der Waals surface area contributed by atoms with Gasteiger partial charge in [0.2, 0.25) is 0 Å². The molecule has 0 bridgehead atoms. The summed E-state index contributed by atoms with van der Waals surface area (Å²) in [4.78, 5) is 0. The Balaban J connectivity index is 2.00. The highest BCUT2D eigenvalue weighted by molar-refractivity contribution is 9.10. The van der Waals surface area contributed by atoms with E-state index in [1.165, 1.54) is 0 Å². The number of hydrogen-bond acceptors (Lipinski definition) is 4. The van der Waals surface area contributed by atoms with Gasteiger partial charge in [0, 0.05) is 16.2 Å². The van der Waals surface area contributed by atoms with Gasteiger partial charge >= 0.3 is 0 Å². The summed E-state index contributed by atoms with van der Waals surface area (Å²) in [6.45, 7) is 1.91. The predicted molar refractivity (Wildman–Crippen MR) is 86.7 cm³/mol. The molecule has 112 valence electrons. The maximum atomic E-state index is 11.7. The summed E-state index contributed by atoms with van der Waals surface area (Å²) in [6.07, 6.45) is 2.30. The molecule has 2 aromatic rings. The van der Waals surface area contributed by atoms with Crippen molar-refractivity contribution in [3.63, 3.8) is 0 Å². The topological polar surface area (TPSA) is 78.0 Å². The Hall–Kier alpha value is -1.34. The second kappa shape index (κ2) is 4.84. The van der Waals surface area contributed by atoms with E-state index in [4.69, 9.17) is 5.73 Å². The van der Waals surface area contributed by atoms with Crippen LogP contribution >= 0.6 is 15.9 Å². The molecule has 1 fully saturated rings. The molecule has 1 aromatic carbocycles. The van der Waals surface area contributed by atoms with E-state index in [1.54, 1.807) is 10.9 Å². The lowest BCUT2D eigenvalue weighted by Gasteiger charge is -2.22. The highest BCUT2D eigenvalue weighted by Gasteiger charge is 2.40. The number of rotatable bonds is 2. The molecule has 0 saturated carbocycles. The standard InChI is InChI=1S/C14H16BrN3O2S/c1-14(6-7-21(19,20)9-14)18-8-12(16)13(17-18)10-2-4-11(15)5-3-10/h2-5,8H,6-7,9,16H2,1H3. The molecular weight excluding hydrogens is 354 g/mol. The van der Waals surface area contributed by atoms with Gasteiger partial charge in [-0.05, 0) is 25.5 Å². The van der Waals surface area contributed by atoms with Crippen LogP contribution in [0.25, 0.3) is 11.3 Å². The summed E-state index contributed by atoms with van der Waals surface area (Å²) in [5, 5.41) is 4.54. The molecule has 21 heavy (non-hydrogen) atoms. The predicted octanol–water partition coefficient (Wildman–Crippen LogP) is 2.43. The highest BCUT2D eigenvalue weighted by atomic mass is 79.9. The number of benzene rings is 1. The van der Waals surface area contributed by atoms with Crippen molar-refractivity contribution in [1.29, 1.82) is 0 Å². The lowest BCUT2D eigenvalue weighted by Crippen LogP contribution is -2.31. The zero-order valence-corrected chi connectivity index (χ0v) is 14.0. The van der Waals surface area contributed by atoms with E-state index in [1.807, 2.05) is 31.2 Å². The van der Waals surface area contributed by atoms with Crippen LogP contribution in [0, 0.1) is 0 Å². The highest BCUT2D eigenvalue weighted by Crippen LogP contribution is 2.33. The fourth-order valence-electron chi connectivity index (χ4n) is 2.67. The van der Waals surface area contributed by atoms with Gasteiger partial charge in [0.1, 0.15) is 5.69 Å². The Kier molecular flexibility index (Phi) is 3.37. The van der Waals surface area contributed by atoms with Crippen molar-refractivity contribution < 1.29 is 8.42 Å². The zero-order chi connectivity index (χ0) is 15.3. The monoisotopic (exact) mass is 369 g/mol. The van der Waals surface area contributed by atoms with Crippen LogP contribution in [0.4, 0.5) is 5.69 Å². The molecule has 1 aromatic heterocycles. The summed E-state index contributed by atoms with van der Waals surface area (Å²) in [5.74, 6) is 0.317. The number of anilines is 1. The largest absolute Gasteiger partial charge is 0.396 e. The van der Waals surface area contributed by atoms with E-state index in [9.17, 15) is 8.42 Å². The van der Waals surface area contributed by atoms with Crippen LogP contribution in [-0.4, -0.2) is 29.7 Å². The number of aromatic nitrogens is 2. The van der Waals surface area contributed by atoms with Gasteiger partial charge in [0.05, 0.1) is 22.7 Å². The number of halogens is 1. The smallest absolute Gasteiger partial charge is 0.152 e. The normalized spacial score (nSPS) is 24.3. The third-order valence-electron chi connectivity index (χ3n) is 3.90. The van der Waals surface area contributed by atoms with Crippen molar-refractivity contribution in [2.75, 3.05) is 17.2 Å². The van der Waals surface area contributed by atoms with Crippen LogP contribution in [0.15, 0.2) is 34.9 Å². The van der Waals surface area contributed by atoms with Crippen LogP contribution in [0.3, 0.4) is 0 Å². The first-order valence-electron chi connectivity index (χ1n) is 6.61. The first kappa shape index (κ1) is 14.6. The lowest BCUT2D eigenvalue weighted by atomic mass is 10.0. The Morgan fingerprint density at radius 3 is 2.57 bits per heavy atom. The van der Waals surface area contributed by atoms with Gasteiger partial charge in [-0.25, -0.2) is 8.42 Å². The van der Waals surface area contributed by atoms with E-state index in [0.717, 1.165) is 10.0 Å². The van der Waals surface area contributed by atoms with Crippen molar-refractivity contribution in [3.8, 4) is 11.3 Å². The molecule has 1 aliphatic heterocycles. The fourth-order valence-corrected chi connectivity index (χ4v) is 5.05. The van der Waals surface area contributed by atoms with Crippen LogP contribution in [0.5, 0.6) is 0 Å². The van der Waals surface area contributed by atoms with Crippen LogP contribution in [0.1, 0.15) is 13.3 Å². The Morgan fingerprint density at radius 2 is 2.00 bits per heavy atom. The second-order valence-electron chi connectivity index (χ2n) is 5.72. The Bertz CT molecular complexity index is 783. The van der Waals surface area contributed by atoms with E-state index < -0.39 is 15.4 Å². The number of hydrogen-bond donors (Lipinski definition) is 1. The third kappa shape index (κ3) is 2.72. The molecule has 1 saturated heterocycles. The fraction of sp³-hybridized carbons (Fsp3) is 0.357. The van der Waals surface area contributed by atoms with Crippen LogP contribution in [-0.2, 0) is 15.4 Å². The van der Waals surface area contributed by atoms with Gasteiger partial charge in [-0.3, -0.25) is 4.68 Å².